The zero-order chi connectivity index (χ0) is 14.4. The number of aromatic nitrogens is 3. The molecule has 0 unspecified atom stereocenters. The summed E-state index contributed by atoms with van der Waals surface area (Å²) >= 11 is 11.7. The number of amides is 1. The molecule has 0 saturated heterocycles. The summed E-state index contributed by atoms with van der Waals surface area (Å²) in [6.07, 6.45) is 2.00. The molecule has 0 spiro atoms. The zero-order valence-corrected chi connectivity index (χ0v) is 11.9. The van der Waals surface area contributed by atoms with E-state index in [9.17, 15) is 4.79 Å². The fraction of sp³-hybridized carbons (Fsp3) is 0.250. The lowest BCUT2D eigenvalue weighted by Gasteiger charge is -2.08. The Balaban J connectivity index is 1.72. The number of benzene rings is 1. The van der Waals surface area contributed by atoms with Gasteiger partial charge in [0.1, 0.15) is 17.9 Å². The predicted octanol–water partition coefficient (Wildman–Crippen LogP) is 1.85. The molecule has 2 rings (SSSR count). The molecule has 0 aliphatic carbocycles. The minimum atomic E-state index is -0.240. The lowest BCUT2D eigenvalue weighted by Crippen LogP contribution is -2.30. The molecule has 8 heteroatoms. The molecule has 1 aromatic heterocycles. The van der Waals surface area contributed by atoms with Gasteiger partial charge in [0.25, 0.3) is 5.91 Å². The van der Waals surface area contributed by atoms with Crippen molar-refractivity contribution in [3.8, 4) is 5.75 Å². The molecule has 0 atom stereocenters. The highest BCUT2D eigenvalue weighted by Crippen LogP contribution is 2.27. The lowest BCUT2D eigenvalue weighted by atomic mass is 10.3. The minimum absolute atomic E-state index is 0.113. The first kappa shape index (κ1) is 14.6. The van der Waals surface area contributed by atoms with Crippen LogP contribution in [0.25, 0.3) is 0 Å². The summed E-state index contributed by atoms with van der Waals surface area (Å²) in [6, 6.07) is 4.82. The number of carbonyl (C=O) groups excluding carboxylic acids is 1. The van der Waals surface area contributed by atoms with Gasteiger partial charge < -0.3 is 10.1 Å². The largest absolute Gasteiger partial charge is 0.482 e. The standard InChI is InChI=1S/C12H12Cl2N4O2/c13-8-1-2-10(9(14)5-8)20-6-12(19)15-4-3-11-16-7-17-18-11/h1-2,5,7H,3-4,6H2,(H,15,19)(H,16,17,18). The number of halogens is 2. The summed E-state index contributed by atoms with van der Waals surface area (Å²) in [5, 5.41) is 10.0. The van der Waals surface area contributed by atoms with Gasteiger partial charge in [0.2, 0.25) is 0 Å². The Morgan fingerprint density at radius 2 is 2.25 bits per heavy atom. The molecule has 0 saturated carbocycles. The van der Waals surface area contributed by atoms with E-state index in [0.29, 0.717) is 34.6 Å². The van der Waals surface area contributed by atoms with E-state index in [-0.39, 0.29) is 12.5 Å². The van der Waals surface area contributed by atoms with Gasteiger partial charge in [0.05, 0.1) is 5.02 Å². The highest BCUT2D eigenvalue weighted by atomic mass is 35.5. The number of nitrogens with zero attached hydrogens (tertiary/aromatic N) is 2. The molecule has 2 N–H and O–H groups in total. The fourth-order valence-electron chi connectivity index (χ4n) is 1.46. The second-order valence-electron chi connectivity index (χ2n) is 3.90. The average molecular weight is 315 g/mol. The highest BCUT2D eigenvalue weighted by Gasteiger charge is 2.06. The number of nitrogens with one attached hydrogen (secondary N) is 2. The molecular formula is C12H12Cl2N4O2. The van der Waals surface area contributed by atoms with Crippen LogP contribution < -0.4 is 10.1 Å². The van der Waals surface area contributed by atoms with Gasteiger partial charge in [-0.25, -0.2) is 4.98 Å². The fourth-order valence-corrected chi connectivity index (χ4v) is 1.92. The lowest BCUT2D eigenvalue weighted by molar-refractivity contribution is -0.123. The average Bonchev–Trinajstić information content (AvgIpc) is 2.91. The predicted molar refractivity (Wildman–Crippen MR) is 75.1 cm³/mol. The summed E-state index contributed by atoms with van der Waals surface area (Å²) in [5.41, 5.74) is 0. The van der Waals surface area contributed by atoms with E-state index in [1.807, 2.05) is 0 Å². The number of rotatable bonds is 6. The smallest absolute Gasteiger partial charge is 0.257 e. The van der Waals surface area contributed by atoms with Crippen molar-refractivity contribution in [2.75, 3.05) is 13.2 Å². The van der Waals surface area contributed by atoms with Crippen LogP contribution in [0.4, 0.5) is 0 Å². The maximum absolute atomic E-state index is 11.6. The zero-order valence-electron chi connectivity index (χ0n) is 10.4. The summed E-state index contributed by atoms with van der Waals surface area (Å²) in [6.45, 7) is 0.337. The van der Waals surface area contributed by atoms with Crippen LogP contribution in [-0.4, -0.2) is 34.2 Å². The van der Waals surface area contributed by atoms with Crippen molar-refractivity contribution in [1.82, 2.24) is 20.5 Å². The van der Waals surface area contributed by atoms with Crippen LogP contribution in [0.1, 0.15) is 5.82 Å². The molecule has 2 aromatic rings. The summed E-state index contributed by atoms with van der Waals surface area (Å²) in [4.78, 5) is 15.5. The Kier molecular flexibility index (Phi) is 5.20. The molecule has 1 amide bonds. The van der Waals surface area contributed by atoms with E-state index in [0.717, 1.165) is 0 Å². The van der Waals surface area contributed by atoms with Crippen molar-refractivity contribution >= 4 is 29.1 Å². The van der Waals surface area contributed by atoms with Crippen molar-refractivity contribution in [2.45, 2.75) is 6.42 Å². The molecule has 1 aromatic carbocycles. The molecule has 6 nitrogen and oxygen atoms in total. The van der Waals surface area contributed by atoms with Crippen LogP contribution in [0.15, 0.2) is 24.5 Å². The Labute approximate surface area is 125 Å². The third-order valence-corrected chi connectivity index (χ3v) is 2.93. The van der Waals surface area contributed by atoms with Gasteiger partial charge in [-0.1, -0.05) is 23.2 Å². The van der Waals surface area contributed by atoms with Crippen LogP contribution in [-0.2, 0) is 11.2 Å². The Morgan fingerprint density at radius 1 is 1.40 bits per heavy atom. The Morgan fingerprint density at radius 3 is 2.95 bits per heavy atom. The molecule has 0 aliphatic rings. The molecule has 0 aliphatic heterocycles. The van der Waals surface area contributed by atoms with Gasteiger partial charge in [0.15, 0.2) is 6.61 Å². The van der Waals surface area contributed by atoms with Crippen molar-refractivity contribution < 1.29 is 9.53 Å². The van der Waals surface area contributed by atoms with E-state index >= 15 is 0 Å². The van der Waals surface area contributed by atoms with Crippen molar-refractivity contribution in [1.29, 1.82) is 0 Å². The SMILES string of the molecule is O=C(COc1ccc(Cl)cc1Cl)NCCc1ncn[nH]1. The quantitative estimate of drug-likeness (QED) is 0.852. The number of ether oxygens (including phenoxy) is 1. The summed E-state index contributed by atoms with van der Waals surface area (Å²) in [5.74, 6) is 0.893. The maximum atomic E-state index is 11.6. The van der Waals surface area contributed by atoms with Crippen molar-refractivity contribution in [3.63, 3.8) is 0 Å². The van der Waals surface area contributed by atoms with E-state index in [1.54, 1.807) is 18.2 Å². The normalized spacial score (nSPS) is 10.3. The number of carbonyl (C=O) groups is 1. The first-order valence-corrected chi connectivity index (χ1v) is 6.59. The van der Waals surface area contributed by atoms with Crippen LogP contribution in [0.3, 0.4) is 0 Å². The highest BCUT2D eigenvalue weighted by molar-refractivity contribution is 6.35. The van der Waals surface area contributed by atoms with E-state index in [4.69, 9.17) is 27.9 Å². The number of H-pyrrole nitrogens is 1. The van der Waals surface area contributed by atoms with Gasteiger partial charge in [-0.3, -0.25) is 9.89 Å². The number of hydrogen-bond acceptors (Lipinski definition) is 4. The van der Waals surface area contributed by atoms with E-state index in [1.165, 1.54) is 6.33 Å². The molecule has 0 radical (unpaired) electrons. The molecule has 106 valence electrons. The van der Waals surface area contributed by atoms with E-state index < -0.39 is 0 Å². The second kappa shape index (κ2) is 7.12. The molecule has 1 heterocycles. The van der Waals surface area contributed by atoms with Gasteiger partial charge in [-0.2, -0.15) is 5.10 Å². The Bertz CT molecular complexity index is 575. The monoisotopic (exact) mass is 314 g/mol. The summed E-state index contributed by atoms with van der Waals surface area (Å²) in [7, 11) is 0. The summed E-state index contributed by atoms with van der Waals surface area (Å²) < 4.78 is 5.30. The maximum Gasteiger partial charge on any atom is 0.257 e. The van der Waals surface area contributed by atoms with Gasteiger partial charge in [0, 0.05) is 18.0 Å². The number of aromatic amines is 1. The first-order chi connectivity index (χ1) is 9.65. The van der Waals surface area contributed by atoms with Gasteiger partial charge in [-0.05, 0) is 18.2 Å². The van der Waals surface area contributed by atoms with Gasteiger partial charge in [-0.15, -0.1) is 0 Å². The second-order valence-corrected chi connectivity index (χ2v) is 4.74. The third kappa shape index (κ3) is 4.40. The van der Waals surface area contributed by atoms with Crippen LogP contribution >= 0.6 is 23.2 Å². The van der Waals surface area contributed by atoms with Crippen LogP contribution in [0.5, 0.6) is 5.75 Å². The number of hydrogen-bond donors (Lipinski definition) is 2. The topological polar surface area (TPSA) is 79.9 Å². The first-order valence-electron chi connectivity index (χ1n) is 5.84. The van der Waals surface area contributed by atoms with E-state index in [2.05, 4.69) is 20.5 Å². The van der Waals surface area contributed by atoms with Crippen LogP contribution in [0, 0.1) is 0 Å². The van der Waals surface area contributed by atoms with Gasteiger partial charge >= 0.3 is 0 Å². The molecular weight excluding hydrogens is 303 g/mol. The Hall–Kier alpha value is -1.79. The molecule has 20 heavy (non-hydrogen) atoms. The van der Waals surface area contributed by atoms with Crippen molar-refractivity contribution in [3.05, 3.63) is 40.4 Å². The van der Waals surface area contributed by atoms with Crippen molar-refractivity contribution in [2.24, 2.45) is 0 Å². The third-order valence-electron chi connectivity index (χ3n) is 2.40. The molecule has 0 fully saturated rings. The minimum Gasteiger partial charge on any atom is -0.482 e. The molecule has 0 bridgehead atoms. The van der Waals surface area contributed by atoms with Crippen LogP contribution in [0.2, 0.25) is 10.0 Å².